The largest absolute Gasteiger partial charge is 0.396 e. The predicted molar refractivity (Wildman–Crippen MR) is 101 cm³/mol. The summed E-state index contributed by atoms with van der Waals surface area (Å²) in [7, 11) is 0. The van der Waals surface area contributed by atoms with Crippen molar-refractivity contribution in [3.63, 3.8) is 0 Å². The van der Waals surface area contributed by atoms with E-state index in [0.717, 1.165) is 41.9 Å². The molecule has 3 rings (SSSR count). The molecule has 0 aliphatic carbocycles. The molecule has 1 fully saturated rings. The first-order chi connectivity index (χ1) is 11.2. The Morgan fingerprint density at radius 1 is 1.26 bits per heavy atom. The van der Waals surface area contributed by atoms with Crippen LogP contribution < -0.4 is 11.1 Å². The van der Waals surface area contributed by atoms with Crippen molar-refractivity contribution in [1.29, 1.82) is 0 Å². The Bertz CT molecular complexity index is 625. The Hall–Kier alpha value is -1.81. The zero-order chi connectivity index (χ0) is 16.8. The molecule has 1 aromatic heterocycles. The van der Waals surface area contributed by atoms with Crippen molar-refractivity contribution in [1.82, 2.24) is 9.88 Å². The quantitative estimate of drug-likeness (QED) is 0.897. The number of hydrogen-bond acceptors (Lipinski definition) is 4. The predicted octanol–water partition coefficient (Wildman–Crippen LogP) is 4.05. The second kappa shape index (κ2) is 8.16. The van der Waals surface area contributed by atoms with Crippen molar-refractivity contribution < 1.29 is 0 Å². The Kier molecular flexibility index (Phi) is 6.22. The Balaban J connectivity index is 0.000000924. The van der Waals surface area contributed by atoms with E-state index in [9.17, 15) is 0 Å². The van der Waals surface area contributed by atoms with Gasteiger partial charge >= 0.3 is 0 Å². The zero-order valence-electron chi connectivity index (χ0n) is 14.9. The van der Waals surface area contributed by atoms with Crippen LogP contribution in [-0.2, 0) is 0 Å². The average Bonchev–Trinajstić information content (AvgIpc) is 2.60. The van der Waals surface area contributed by atoms with E-state index in [1.54, 1.807) is 6.20 Å². The van der Waals surface area contributed by atoms with Crippen LogP contribution >= 0.6 is 0 Å². The highest BCUT2D eigenvalue weighted by atomic mass is 15.1. The number of aromatic nitrogens is 1. The Labute approximate surface area is 140 Å². The number of likely N-dealkylation sites (tertiary alicyclic amines) is 1. The average molecular weight is 314 g/mol. The van der Waals surface area contributed by atoms with E-state index in [2.05, 4.69) is 47.2 Å². The number of nitrogens with zero attached hydrogens (tertiary/aromatic N) is 2. The lowest BCUT2D eigenvalue weighted by atomic mass is 10.0. The molecule has 0 radical (unpaired) electrons. The number of fused-ring (bicyclic) bond motifs is 1. The van der Waals surface area contributed by atoms with Crippen molar-refractivity contribution in [2.24, 2.45) is 0 Å². The number of nitrogen functional groups attached to an aromatic ring is 1. The van der Waals surface area contributed by atoms with Crippen LogP contribution in [0.1, 0.15) is 39.2 Å². The maximum atomic E-state index is 6.17. The van der Waals surface area contributed by atoms with E-state index >= 15 is 0 Å². The fourth-order valence-electron chi connectivity index (χ4n) is 3.08. The molecule has 2 heterocycles. The number of aryl methyl sites for hydroxylation is 1. The van der Waals surface area contributed by atoms with Gasteiger partial charge in [0.25, 0.3) is 0 Å². The highest BCUT2D eigenvalue weighted by Crippen LogP contribution is 2.30. The fraction of sp³-hybridized carbons (Fsp3) is 0.526. The van der Waals surface area contributed by atoms with E-state index in [1.807, 2.05) is 13.8 Å². The lowest BCUT2D eigenvalue weighted by molar-refractivity contribution is 0.229. The molecule has 1 saturated heterocycles. The third kappa shape index (κ3) is 4.14. The summed E-state index contributed by atoms with van der Waals surface area (Å²) in [5.41, 5.74) is 10.2. The van der Waals surface area contributed by atoms with Crippen LogP contribution in [0.25, 0.3) is 10.9 Å². The first-order valence-electron chi connectivity index (χ1n) is 8.81. The van der Waals surface area contributed by atoms with Crippen LogP contribution in [0.3, 0.4) is 0 Å². The number of anilines is 2. The monoisotopic (exact) mass is 314 g/mol. The number of rotatable bonds is 3. The van der Waals surface area contributed by atoms with Gasteiger partial charge in [-0.3, -0.25) is 4.98 Å². The minimum Gasteiger partial charge on any atom is -0.396 e. The van der Waals surface area contributed by atoms with Crippen molar-refractivity contribution in [3.8, 4) is 0 Å². The van der Waals surface area contributed by atoms with E-state index in [4.69, 9.17) is 5.73 Å². The van der Waals surface area contributed by atoms with Gasteiger partial charge in [0, 0.05) is 24.5 Å². The number of benzene rings is 1. The maximum absolute atomic E-state index is 6.17. The minimum absolute atomic E-state index is 0.501. The Morgan fingerprint density at radius 3 is 2.61 bits per heavy atom. The molecule has 0 amide bonds. The third-order valence-electron chi connectivity index (χ3n) is 4.44. The molecule has 4 heteroatoms. The topological polar surface area (TPSA) is 54.2 Å². The molecule has 0 unspecified atom stereocenters. The second-order valence-electron chi connectivity index (χ2n) is 5.96. The van der Waals surface area contributed by atoms with Gasteiger partial charge in [0.1, 0.15) is 0 Å². The SMILES string of the molecule is CC.CCN1CCC(Nc2c(N)cnc3ccc(C)cc23)CC1. The molecule has 3 N–H and O–H groups in total. The molecular formula is C19H30N4. The molecule has 0 saturated carbocycles. The van der Waals surface area contributed by atoms with Gasteiger partial charge in [0.15, 0.2) is 0 Å². The van der Waals surface area contributed by atoms with Gasteiger partial charge in [-0.25, -0.2) is 0 Å². The first kappa shape index (κ1) is 17.5. The van der Waals surface area contributed by atoms with Crippen LogP contribution in [0.4, 0.5) is 11.4 Å². The Morgan fingerprint density at radius 2 is 1.96 bits per heavy atom. The van der Waals surface area contributed by atoms with Gasteiger partial charge in [0.05, 0.1) is 23.1 Å². The van der Waals surface area contributed by atoms with Gasteiger partial charge in [-0.15, -0.1) is 0 Å². The van der Waals surface area contributed by atoms with Crippen LogP contribution in [0.2, 0.25) is 0 Å². The first-order valence-corrected chi connectivity index (χ1v) is 8.81. The molecule has 1 aliphatic rings. The van der Waals surface area contributed by atoms with Crippen LogP contribution in [0, 0.1) is 6.92 Å². The number of hydrogen-bond donors (Lipinski definition) is 2. The fourth-order valence-corrected chi connectivity index (χ4v) is 3.08. The normalized spacial score (nSPS) is 16.0. The summed E-state index contributed by atoms with van der Waals surface area (Å²) in [5, 5.41) is 4.80. The summed E-state index contributed by atoms with van der Waals surface area (Å²) < 4.78 is 0. The molecule has 23 heavy (non-hydrogen) atoms. The number of pyridine rings is 1. The molecule has 2 aromatic rings. The summed E-state index contributed by atoms with van der Waals surface area (Å²) >= 11 is 0. The zero-order valence-corrected chi connectivity index (χ0v) is 14.9. The van der Waals surface area contributed by atoms with Crippen LogP contribution in [-0.4, -0.2) is 35.6 Å². The molecule has 1 aromatic carbocycles. The van der Waals surface area contributed by atoms with Crippen molar-refractivity contribution >= 4 is 22.3 Å². The third-order valence-corrected chi connectivity index (χ3v) is 4.44. The number of nitrogens with one attached hydrogen (secondary N) is 1. The van der Waals surface area contributed by atoms with Crippen LogP contribution in [0.5, 0.6) is 0 Å². The highest BCUT2D eigenvalue weighted by molar-refractivity contribution is 5.97. The molecule has 0 atom stereocenters. The number of nitrogens with two attached hydrogens (primary N) is 1. The van der Waals surface area contributed by atoms with Gasteiger partial charge in [-0.1, -0.05) is 32.4 Å². The van der Waals surface area contributed by atoms with Gasteiger partial charge in [0.2, 0.25) is 0 Å². The molecule has 4 nitrogen and oxygen atoms in total. The van der Waals surface area contributed by atoms with Gasteiger partial charge in [-0.2, -0.15) is 0 Å². The van der Waals surface area contributed by atoms with Gasteiger partial charge in [-0.05, 0) is 38.4 Å². The lowest BCUT2D eigenvalue weighted by Gasteiger charge is -2.32. The number of piperidine rings is 1. The summed E-state index contributed by atoms with van der Waals surface area (Å²) in [6.07, 6.45) is 4.10. The molecular weight excluding hydrogens is 284 g/mol. The van der Waals surface area contributed by atoms with Crippen molar-refractivity contribution in [2.75, 3.05) is 30.7 Å². The summed E-state index contributed by atoms with van der Waals surface area (Å²) in [6, 6.07) is 6.83. The van der Waals surface area contributed by atoms with Crippen LogP contribution in [0.15, 0.2) is 24.4 Å². The van der Waals surface area contributed by atoms with Crippen molar-refractivity contribution in [2.45, 2.75) is 46.6 Å². The second-order valence-corrected chi connectivity index (χ2v) is 5.96. The standard InChI is InChI=1S/C17H24N4.C2H6/c1-3-21-8-6-13(7-9-21)20-17-14-10-12(2)4-5-16(14)19-11-15(17)18;1-2/h4-5,10-11,13H,3,6-9,18H2,1-2H3,(H,19,20);1-2H3. The van der Waals surface area contributed by atoms with Crippen molar-refractivity contribution in [3.05, 3.63) is 30.0 Å². The summed E-state index contributed by atoms with van der Waals surface area (Å²) in [6.45, 7) is 11.8. The maximum Gasteiger partial charge on any atom is 0.0743 e. The lowest BCUT2D eigenvalue weighted by Crippen LogP contribution is -2.39. The molecule has 126 valence electrons. The van der Waals surface area contributed by atoms with E-state index in [-0.39, 0.29) is 0 Å². The highest BCUT2D eigenvalue weighted by Gasteiger charge is 2.19. The molecule has 0 bridgehead atoms. The summed E-state index contributed by atoms with van der Waals surface area (Å²) in [4.78, 5) is 6.92. The van der Waals surface area contributed by atoms with E-state index < -0.39 is 0 Å². The van der Waals surface area contributed by atoms with E-state index in [0.29, 0.717) is 6.04 Å². The van der Waals surface area contributed by atoms with E-state index in [1.165, 1.54) is 18.4 Å². The smallest absolute Gasteiger partial charge is 0.0743 e. The van der Waals surface area contributed by atoms with Gasteiger partial charge < -0.3 is 16.0 Å². The molecule has 1 aliphatic heterocycles. The minimum atomic E-state index is 0.501. The summed E-state index contributed by atoms with van der Waals surface area (Å²) in [5.74, 6) is 0. The molecule has 0 spiro atoms.